The maximum Gasteiger partial charge on any atom is 0.327 e. The van der Waals surface area contributed by atoms with Gasteiger partial charge in [-0.05, 0) is 25.0 Å². The van der Waals surface area contributed by atoms with Gasteiger partial charge in [-0.25, -0.2) is 4.79 Å². The van der Waals surface area contributed by atoms with Gasteiger partial charge >= 0.3 is 5.97 Å². The van der Waals surface area contributed by atoms with Crippen LogP contribution in [-0.4, -0.2) is 64.2 Å². The molecule has 2 aliphatic heterocycles. The van der Waals surface area contributed by atoms with Gasteiger partial charge in [-0.2, -0.15) is 0 Å². The number of rotatable bonds is 5. The molecule has 3 fully saturated rings. The van der Waals surface area contributed by atoms with Crippen LogP contribution in [0.3, 0.4) is 0 Å². The Labute approximate surface area is 179 Å². The van der Waals surface area contributed by atoms with Crippen LogP contribution >= 0.6 is 11.8 Å². The molecule has 30 heavy (non-hydrogen) atoms. The number of nitrogens with zero attached hydrogens (tertiary/aromatic N) is 1. The standard InChI is InChI=1S/C21H26N2O6S/c1-28-12-8-7-9-13(29-2)14(12)17(24)22-15-18(25)23-16(20(26)27)21(30-19(15)23)10-5-3-4-6-11-21/h7-9,15-16,19H,3-6,10-11H2,1-2H3,(H,22,24)(H,26,27)/t15?,16?,19-/m0/s1. The largest absolute Gasteiger partial charge is 0.496 e. The molecule has 1 saturated carbocycles. The Hall–Kier alpha value is -2.42. The van der Waals surface area contributed by atoms with Crippen molar-refractivity contribution in [2.24, 2.45) is 0 Å². The highest BCUT2D eigenvalue weighted by Gasteiger charge is 2.66. The highest BCUT2D eigenvalue weighted by molar-refractivity contribution is 8.01. The van der Waals surface area contributed by atoms with E-state index in [1.165, 1.54) is 19.1 Å². The van der Waals surface area contributed by atoms with E-state index in [0.29, 0.717) is 11.5 Å². The third-order valence-electron chi connectivity index (χ3n) is 6.34. The number of β-lactam (4-membered cyclic amide) rings is 1. The van der Waals surface area contributed by atoms with E-state index in [4.69, 9.17) is 9.47 Å². The average Bonchev–Trinajstić information content (AvgIpc) is 2.85. The van der Waals surface area contributed by atoms with Gasteiger partial charge in [-0.3, -0.25) is 9.59 Å². The maximum atomic E-state index is 13.0. The molecule has 2 saturated heterocycles. The second-order valence-corrected chi connectivity index (χ2v) is 9.49. The first-order valence-corrected chi connectivity index (χ1v) is 11.1. The fourth-order valence-electron chi connectivity index (χ4n) is 4.93. The fraction of sp³-hybridized carbons (Fsp3) is 0.571. The predicted molar refractivity (Wildman–Crippen MR) is 111 cm³/mol. The molecule has 1 aromatic rings. The molecule has 1 spiro atoms. The van der Waals surface area contributed by atoms with Crippen LogP contribution in [0.2, 0.25) is 0 Å². The SMILES string of the molecule is COc1cccc(OC)c1C(=O)NC1C(=O)N2C(C(=O)O)C3(CCCCCC3)S[C@@H]12. The second kappa shape index (κ2) is 8.02. The van der Waals surface area contributed by atoms with Gasteiger partial charge in [0.25, 0.3) is 5.91 Å². The number of aliphatic carboxylic acids is 1. The molecular formula is C21H26N2O6S. The Morgan fingerprint density at radius 1 is 1.13 bits per heavy atom. The number of carbonyl (C=O) groups is 3. The topological polar surface area (TPSA) is 105 Å². The lowest BCUT2D eigenvalue weighted by molar-refractivity contribution is -0.160. The Morgan fingerprint density at radius 3 is 2.27 bits per heavy atom. The minimum absolute atomic E-state index is 0.218. The van der Waals surface area contributed by atoms with E-state index in [2.05, 4.69) is 5.32 Å². The minimum Gasteiger partial charge on any atom is -0.496 e. The molecule has 2 unspecified atom stereocenters. The average molecular weight is 435 g/mol. The maximum absolute atomic E-state index is 13.0. The van der Waals surface area contributed by atoms with Crippen LogP contribution in [0.25, 0.3) is 0 Å². The van der Waals surface area contributed by atoms with Crippen molar-refractivity contribution in [3.8, 4) is 11.5 Å². The van der Waals surface area contributed by atoms with Crippen molar-refractivity contribution in [2.45, 2.75) is 60.7 Å². The summed E-state index contributed by atoms with van der Waals surface area (Å²) in [5, 5.41) is 12.3. The van der Waals surface area contributed by atoms with Crippen LogP contribution in [0.4, 0.5) is 0 Å². The molecule has 9 heteroatoms. The number of nitrogens with one attached hydrogen (secondary N) is 1. The van der Waals surface area contributed by atoms with Gasteiger partial charge in [0.2, 0.25) is 5.91 Å². The second-order valence-electron chi connectivity index (χ2n) is 7.96. The summed E-state index contributed by atoms with van der Waals surface area (Å²) in [6.45, 7) is 0. The zero-order chi connectivity index (χ0) is 21.5. The van der Waals surface area contributed by atoms with Crippen LogP contribution in [0, 0.1) is 0 Å². The van der Waals surface area contributed by atoms with Crippen molar-refractivity contribution in [1.82, 2.24) is 10.2 Å². The lowest BCUT2D eigenvalue weighted by atomic mass is 9.87. The van der Waals surface area contributed by atoms with Gasteiger partial charge in [-0.1, -0.05) is 31.7 Å². The molecular weight excluding hydrogens is 408 g/mol. The zero-order valence-corrected chi connectivity index (χ0v) is 17.9. The molecule has 162 valence electrons. The van der Waals surface area contributed by atoms with Gasteiger partial charge in [-0.15, -0.1) is 11.8 Å². The summed E-state index contributed by atoms with van der Waals surface area (Å²) in [7, 11) is 2.92. The van der Waals surface area contributed by atoms with E-state index >= 15 is 0 Å². The number of carboxylic acid groups (broad SMARTS) is 1. The Morgan fingerprint density at radius 2 is 1.73 bits per heavy atom. The third kappa shape index (κ3) is 3.19. The summed E-state index contributed by atoms with van der Waals surface area (Å²) >= 11 is 1.55. The van der Waals surface area contributed by atoms with Crippen molar-refractivity contribution in [3.63, 3.8) is 0 Å². The monoisotopic (exact) mass is 434 g/mol. The lowest BCUT2D eigenvalue weighted by Gasteiger charge is -2.43. The highest BCUT2D eigenvalue weighted by Crippen LogP contribution is 2.56. The summed E-state index contributed by atoms with van der Waals surface area (Å²) in [5.41, 5.74) is 0.218. The van der Waals surface area contributed by atoms with Crippen LogP contribution in [0.15, 0.2) is 18.2 Å². The van der Waals surface area contributed by atoms with Crippen LogP contribution in [0.5, 0.6) is 11.5 Å². The van der Waals surface area contributed by atoms with Crippen molar-refractivity contribution in [3.05, 3.63) is 23.8 Å². The Kier molecular flexibility index (Phi) is 5.57. The fourth-order valence-corrected chi connectivity index (χ4v) is 6.94. The number of ether oxygens (including phenoxy) is 2. The molecule has 4 rings (SSSR count). The molecule has 3 aliphatic rings. The normalized spacial score (nSPS) is 27.1. The number of fused-ring (bicyclic) bond motifs is 1. The molecule has 2 N–H and O–H groups in total. The molecule has 2 amide bonds. The summed E-state index contributed by atoms with van der Waals surface area (Å²) in [4.78, 5) is 39.5. The van der Waals surface area contributed by atoms with Crippen LogP contribution in [-0.2, 0) is 9.59 Å². The number of benzene rings is 1. The number of amides is 2. The van der Waals surface area contributed by atoms with Crippen molar-refractivity contribution < 1.29 is 29.0 Å². The molecule has 2 heterocycles. The molecule has 3 atom stereocenters. The Bertz CT molecular complexity index is 845. The molecule has 1 aromatic carbocycles. The van der Waals surface area contributed by atoms with Gasteiger partial charge in [0.05, 0.1) is 14.2 Å². The summed E-state index contributed by atoms with van der Waals surface area (Å²) in [6.07, 6.45) is 5.63. The van der Waals surface area contributed by atoms with Crippen molar-refractivity contribution in [1.29, 1.82) is 0 Å². The first-order valence-electron chi connectivity index (χ1n) is 10.2. The van der Waals surface area contributed by atoms with Crippen LogP contribution in [0.1, 0.15) is 48.9 Å². The van der Waals surface area contributed by atoms with E-state index in [0.717, 1.165) is 38.5 Å². The number of hydrogen-bond donors (Lipinski definition) is 2. The van der Waals surface area contributed by atoms with Gasteiger partial charge < -0.3 is 24.8 Å². The summed E-state index contributed by atoms with van der Waals surface area (Å²) in [5.74, 6) is -1.09. The first-order chi connectivity index (χ1) is 14.4. The predicted octanol–water partition coefficient (Wildman–Crippen LogP) is 2.26. The third-order valence-corrected chi connectivity index (χ3v) is 8.18. The van der Waals surface area contributed by atoms with E-state index in [-0.39, 0.29) is 16.8 Å². The highest BCUT2D eigenvalue weighted by atomic mass is 32.2. The van der Waals surface area contributed by atoms with Crippen LogP contribution < -0.4 is 14.8 Å². The van der Waals surface area contributed by atoms with Gasteiger partial charge in [0, 0.05) is 4.75 Å². The van der Waals surface area contributed by atoms with Gasteiger partial charge in [0.15, 0.2) is 0 Å². The first kappa shape index (κ1) is 20.8. The van der Waals surface area contributed by atoms with Crippen molar-refractivity contribution >= 4 is 29.5 Å². The van der Waals surface area contributed by atoms with Gasteiger partial charge in [0.1, 0.15) is 34.5 Å². The van der Waals surface area contributed by atoms with E-state index in [9.17, 15) is 19.5 Å². The summed E-state index contributed by atoms with van der Waals surface area (Å²) in [6, 6.07) is 3.41. The smallest absolute Gasteiger partial charge is 0.327 e. The van der Waals surface area contributed by atoms with E-state index in [1.807, 2.05) is 0 Å². The van der Waals surface area contributed by atoms with E-state index < -0.39 is 28.7 Å². The Balaban J connectivity index is 1.58. The molecule has 0 radical (unpaired) electrons. The van der Waals surface area contributed by atoms with E-state index in [1.54, 1.807) is 30.0 Å². The molecule has 8 nitrogen and oxygen atoms in total. The molecule has 1 aliphatic carbocycles. The number of carbonyl (C=O) groups excluding carboxylic acids is 2. The molecule has 0 bridgehead atoms. The summed E-state index contributed by atoms with van der Waals surface area (Å²) < 4.78 is 10.1. The lowest BCUT2D eigenvalue weighted by Crippen LogP contribution is -2.70. The van der Waals surface area contributed by atoms with Crippen molar-refractivity contribution in [2.75, 3.05) is 14.2 Å². The number of methoxy groups -OCH3 is 2. The minimum atomic E-state index is -0.962. The number of hydrogen-bond acceptors (Lipinski definition) is 6. The quantitative estimate of drug-likeness (QED) is 0.685. The number of carboxylic acids is 1. The zero-order valence-electron chi connectivity index (χ0n) is 17.1. The number of thioether (sulfide) groups is 1. The molecule has 0 aromatic heterocycles.